The third-order valence-corrected chi connectivity index (χ3v) is 1.97. The molecule has 0 N–H and O–H groups in total. The van der Waals surface area contributed by atoms with Crippen LogP contribution in [0.2, 0.25) is 5.02 Å². The fraction of sp³-hybridized carbons (Fsp3) is 0. The van der Waals surface area contributed by atoms with E-state index in [-0.39, 0.29) is 0 Å². The third kappa shape index (κ3) is 1.98. The monoisotopic (exact) mass is 224 g/mol. The van der Waals surface area contributed by atoms with Gasteiger partial charge in [0.15, 0.2) is 0 Å². The molecule has 1 aromatic carbocycles. The second kappa shape index (κ2) is 3.49. The molecule has 0 aliphatic rings. The van der Waals surface area contributed by atoms with Gasteiger partial charge in [-0.05, 0) is 0 Å². The van der Waals surface area contributed by atoms with E-state index < -0.39 is 28.1 Å². The average molecular weight is 224 g/mol. The molecule has 0 fully saturated rings. The van der Waals surface area contributed by atoms with E-state index in [4.69, 9.17) is 11.6 Å². The number of benzene rings is 1. The van der Waals surface area contributed by atoms with Gasteiger partial charge in [-0.1, -0.05) is 29.2 Å². The summed E-state index contributed by atoms with van der Waals surface area (Å²) in [6.07, 6.45) is 0. The number of hydrogen-bond donors (Lipinski definition) is 0. The number of nitrogens with zero attached hydrogens (tertiary/aromatic N) is 1. The van der Waals surface area contributed by atoms with Gasteiger partial charge in [0.25, 0.3) is 5.69 Å². The Kier molecular flexibility index (Phi) is 2.70. The van der Waals surface area contributed by atoms with Crippen molar-refractivity contribution >= 4 is 29.7 Å². The Morgan fingerprint density at radius 3 is 2.36 bits per heavy atom. The third-order valence-electron chi connectivity index (χ3n) is 1.56. The van der Waals surface area contributed by atoms with Crippen LogP contribution in [0.5, 0.6) is 0 Å². The van der Waals surface area contributed by atoms with Crippen molar-refractivity contribution in [3.05, 3.63) is 33.3 Å². The summed E-state index contributed by atoms with van der Waals surface area (Å²) in [5.41, 5.74) is -1.87. The Morgan fingerprint density at radius 1 is 1.36 bits per heavy atom. The first-order chi connectivity index (χ1) is 6.34. The summed E-state index contributed by atoms with van der Waals surface area (Å²) < 4.78 is 36.7. The molecule has 0 saturated carbocycles. The minimum Gasteiger partial charge on any atom is -0.445 e. The maximum Gasteiger partial charge on any atom is 0.511 e. The fourth-order valence-corrected chi connectivity index (χ4v) is 1.25. The summed E-state index contributed by atoms with van der Waals surface area (Å²) in [7, 11) is 0. The second-order valence-electron chi connectivity index (χ2n) is 2.51. The van der Waals surface area contributed by atoms with Gasteiger partial charge >= 0.3 is 6.98 Å². The highest BCUT2D eigenvalue weighted by Crippen LogP contribution is 2.25. The predicted octanol–water partition coefficient (Wildman–Crippen LogP) is 2.30. The highest BCUT2D eigenvalue weighted by Gasteiger charge is 2.31. The highest BCUT2D eigenvalue weighted by atomic mass is 35.5. The zero-order chi connectivity index (χ0) is 10.9. The van der Waals surface area contributed by atoms with E-state index in [0.29, 0.717) is 0 Å². The minimum atomic E-state index is -5.31. The van der Waals surface area contributed by atoms with Crippen molar-refractivity contribution in [3.8, 4) is 0 Å². The summed E-state index contributed by atoms with van der Waals surface area (Å²) >= 11 is 5.24. The zero-order valence-electron chi connectivity index (χ0n) is 6.58. The van der Waals surface area contributed by atoms with E-state index >= 15 is 0 Å². The Labute approximate surface area is 81.7 Å². The molecule has 0 bridgehead atoms. The van der Waals surface area contributed by atoms with Gasteiger partial charge in [0.05, 0.1) is 9.95 Å². The normalized spacial score (nSPS) is 11.4. The Bertz CT molecular complexity index is 382. The first-order valence-electron chi connectivity index (χ1n) is 3.47. The van der Waals surface area contributed by atoms with E-state index in [1.54, 1.807) is 0 Å². The molecule has 0 aromatic heterocycles. The van der Waals surface area contributed by atoms with Gasteiger partial charge < -0.3 is 12.9 Å². The number of rotatable bonds is 2. The lowest BCUT2D eigenvalue weighted by Crippen LogP contribution is -2.35. The molecule has 76 valence electrons. The molecule has 0 heterocycles. The first kappa shape index (κ1) is 10.8. The van der Waals surface area contributed by atoms with Gasteiger partial charge in [0, 0.05) is 6.07 Å². The molecule has 0 radical (unpaired) electrons. The number of nitro benzene ring substituents is 1. The molecular formula is C6H3BClF3NO2-. The Balaban J connectivity index is 3.35. The van der Waals surface area contributed by atoms with Crippen LogP contribution in [0.25, 0.3) is 0 Å². The van der Waals surface area contributed by atoms with Crippen molar-refractivity contribution in [2.24, 2.45) is 0 Å². The van der Waals surface area contributed by atoms with Crippen LogP contribution in [0.1, 0.15) is 0 Å². The molecule has 0 unspecified atom stereocenters. The topological polar surface area (TPSA) is 43.1 Å². The van der Waals surface area contributed by atoms with Crippen molar-refractivity contribution < 1.29 is 17.9 Å². The molecule has 0 spiro atoms. The van der Waals surface area contributed by atoms with Gasteiger partial charge in [0.2, 0.25) is 0 Å². The molecule has 8 heteroatoms. The Hall–Kier alpha value is -1.24. The SMILES string of the molecule is O=[N+]([O-])c1cccc([B-](F)(F)F)c1Cl. The first-order valence-corrected chi connectivity index (χ1v) is 3.84. The van der Waals surface area contributed by atoms with Gasteiger partial charge in [-0.25, -0.2) is 0 Å². The lowest BCUT2D eigenvalue weighted by atomic mass is 9.80. The molecule has 1 rings (SSSR count). The van der Waals surface area contributed by atoms with Crippen molar-refractivity contribution in [1.29, 1.82) is 0 Å². The average Bonchev–Trinajstić information content (AvgIpc) is 2.01. The molecule has 0 amide bonds. The molecular weight excluding hydrogens is 221 g/mol. The quantitative estimate of drug-likeness (QED) is 0.439. The number of halogens is 4. The van der Waals surface area contributed by atoms with Gasteiger partial charge in [-0.3, -0.25) is 10.1 Å². The van der Waals surface area contributed by atoms with E-state index in [9.17, 15) is 23.1 Å². The number of hydrogen-bond acceptors (Lipinski definition) is 2. The summed E-state index contributed by atoms with van der Waals surface area (Å²) in [5, 5.41) is 9.41. The molecule has 3 nitrogen and oxygen atoms in total. The molecule has 0 atom stereocenters. The molecule has 14 heavy (non-hydrogen) atoms. The van der Waals surface area contributed by atoms with E-state index in [0.717, 1.165) is 18.2 Å². The van der Waals surface area contributed by atoms with Crippen LogP contribution in [0.3, 0.4) is 0 Å². The van der Waals surface area contributed by atoms with Crippen molar-refractivity contribution in [1.82, 2.24) is 0 Å². The second-order valence-corrected chi connectivity index (χ2v) is 2.89. The van der Waals surface area contributed by atoms with Gasteiger partial charge in [-0.15, -0.1) is 0 Å². The van der Waals surface area contributed by atoms with Crippen LogP contribution in [-0.2, 0) is 0 Å². The van der Waals surface area contributed by atoms with E-state index in [1.165, 1.54) is 0 Å². The van der Waals surface area contributed by atoms with Crippen LogP contribution >= 0.6 is 11.6 Å². The van der Waals surface area contributed by atoms with E-state index in [1.807, 2.05) is 0 Å². The van der Waals surface area contributed by atoms with Crippen molar-refractivity contribution in [2.75, 3.05) is 0 Å². The summed E-state index contributed by atoms with van der Waals surface area (Å²) in [6.45, 7) is -5.31. The summed E-state index contributed by atoms with van der Waals surface area (Å²) in [5.74, 6) is 0. The Morgan fingerprint density at radius 2 is 1.93 bits per heavy atom. The van der Waals surface area contributed by atoms with E-state index in [2.05, 4.69) is 0 Å². The summed E-state index contributed by atoms with van der Waals surface area (Å²) in [4.78, 5) is 9.31. The summed E-state index contributed by atoms with van der Waals surface area (Å²) in [6, 6.07) is 2.59. The fourth-order valence-electron chi connectivity index (χ4n) is 0.931. The van der Waals surface area contributed by atoms with Crippen LogP contribution in [0.15, 0.2) is 18.2 Å². The van der Waals surface area contributed by atoms with Crippen LogP contribution in [-0.4, -0.2) is 11.9 Å². The predicted molar refractivity (Wildman–Crippen MR) is 46.8 cm³/mol. The maximum absolute atomic E-state index is 12.2. The molecule has 0 aliphatic heterocycles. The van der Waals surface area contributed by atoms with Gasteiger partial charge in [-0.2, -0.15) is 0 Å². The standard InChI is InChI=1S/C6H3BClF3NO2/c8-6-4(7(9,10)11)2-1-3-5(6)12(13)14/h1-3H/q-1. The maximum atomic E-state index is 12.2. The molecule has 0 aliphatic carbocycles. The largest absolute Gasteiger partial charge is 0.511 e. The van der Waals surface area contributed by atoms with Crippen LogP contribution in [0.4, 0.5) is 18.6 Å². The zero-order valence-corrected chi connectivity index (χ0v) is 7.34. The molecule has 0 saturated heterocycles. The minimum absolute atomic E-state index is 0.718. The smallest absolute Gasteiger partial charge is 0.445 e. The lowest BCUT2D eigenvalue weighted by molar-refractivity contribution is -0.384. The van der Waals surface area contributed by atoms with Crippen molar-refractivity contribution in [2.45, 2.75) is 0 Å². The van der Waals surface area contributed by atoms with Crippen LogP contribution in [0, 0.1) is 10.1 Å². The van der Waals surface area contributed by atoms with Gasteiger partial charge in [0.1, 0.15) is 0 Å². The van der Waals surface area contributed by atoms with Crippen molar-refractivity contribution in [3.63, 3.8) is 0 Å². The number of nitro groups is 1. The highest BCUT2D eigenvalue weighted by molar-refractivity contribution is 6.76. The molecule has 1 aromatic rings. The van der Waals surface area contributed by atoms with Crippen LogP contribution < -0.4 is 5.46 Å². The lowest BCUT2D eigenvalue weighted by Gasteiger charge is -2.15.